The van der Waals surface area contributed by atoms with Crippen molar-refractivity contribution in [2.45, 2.75) is 24.9 Å². The summed E-state index contributed by atoms with van der Waals surface area (Å²) in [6.07, 6.45) is -4.39. The number of alkyl halides is 3. The Morgan fingerprint density at radius 3 is 2.61 bits per heavy atom. The third kappa shape index (κ3) is 5.46. The first-order valence-electron chi connectivity index (χ1n) is 7.17. The quantitative estimate of drug-likeness (QED) is 0.808. The highest BCUT2D eigenvalue weighted by Crippen LogP contribution is 2.32. The average Bonchev–Trinajstić information content (AvgIpc) is 2.50. The fourth-order valence-electron chi connectivity index (χ4n) is 2.33. The van der Waals surface area contributed by atoms with E-state index in [1.54, 1.807) is 5.32 Å². The largest absolute Gasteiger partial charge is 0.493 e. The molecule has 23 heavy (non-hydrogen) atoms. The normalized spacial score (nSPS) is 16.9. The molecule has 8 heteroatoms. The summed E-state index contributed by atoms with van der Waals surface area (Å²) >= 11 is 0. The van der Waals surface area contributed by atoms with E-state index in [-0.39, 0.29) is 5.92 Å². The van der Waals surface area contributed by atoms with Gasteiger partial charge in [-0.1, -0.05) is 18.2 Å². The van der Waals surface area contributed by atoms with Crippen LogP contribution in [0.25, 0.3) is 0 Å². The summed E-state index contributed by atoms with van der Waals surface area (Å²) in [5, 5.41) is 4.25. The van der Waals surface area contributed by atoms with E-state index in [0.29, 0.717) is 13.2 Å². The first kappa shape index (κ1) is 17.1. The topological polar surface area (TPSA) is 67.4 Å². The van der Waals surface area contributed by atoms with Crippen molar-refractivity contribution < 1.29 is 27.5 Å². The van der Waals surface area contributed by atoms with Crippen LogP contribution in [0, 0.1) is 0 Å². The Morgan fingerprint density at radius 1 is 1.17 bits per heavy atom. The number of carbonyl (C=O) groups is 2. The number of para-hydroxylation sites is 1. The number of fused-ring (bicyclic) bond motifs is 1. The van der Waals surface area contributed by atoms with Crippen LogP contribution in [-0.2, 0) is 9.59 Å². The summed E-state index contributed by atoms with van der Waals surface area (Å²) in [6, 6.07) is 7.47. The number of hydrogen-bond donors (Lipinski definition) is 2. The number of halogens is 3. The molecule has 2 rings (SSSR count). The van der Waals surface area contributed by atoms with Crippen molar-refractivity contribution in [1.29, 1.82) is 0 Å². The van der Waals surface area contributed by atoms with Crippen molar-refractivity contribution in [2.24, 2.45) is 0 Å². The van der Waals surface area contributed by atoms with Crippen LogP contribution in [0.2, 0.25) is 0 Å². The first-order chi connectivity index (χ1) is 10.8. The number of ether oxygens (including phenoxy) is 1. The molecule has 2 N–H and O–H groups in total. The van der Waals surface area contributed by atoms with Gasteiger partial charge in [-0.25, -0.2) is 0 Å². The first-order valence-corrected chi connectivity index (χ1v) is 7.17. The molecule has 0 fully saturated rings. The third-order valence-corrected chi connectivity index (χ3v) is 3.44. The lowest BCUT2D eigenvalue weighted by Crippen LogP contribution is -2.38. The average molecular weight is 330 g/mol. The zero-order valence-corrected chi connectivity index (χ0v) is 12.3. The Balaban J connectivity index is 1.78. The molecule has 1 atom stereocenters. The van der Waals surface area contributed by atoms with Crippen molar-refractivity contribution >= 4 is 11.8 Å². The van der Waals surface area contributed by atoms with Crippen molar-refractivity contribution in [3.8, 4) is 5.75 Å². The van der Waals surface area contributed by atoms with Crippen LogP contribution in [0.15, 0.2) is 24.3 Å². The molecule has 1 heterocycles. The highest BCUT2D eigenvalue weighted by atomic mass is 19.4. The Morgan fingerprint density at radius 2 is 1.87 bits per heavy atom. The molecular formula is C15H17F3N2O3. The molecule has 126 valence electrons. The van der Waals surface area contributed by atoms with E-state index < -0.39 is 31.0 Å². The Kier molecular flexibility index (Phi) is 5.46. The van der Waals surface area contributed by atoms with Gasteiger partial charge in [-0.15, -0.1) is 0 Å². The minimum absolute atomic E-state index is 0.0575. The van der Waals surface area contributed by atoms with E-state index in [0.717, 1.165) is 17.7 Å². The van der Waals surface area contributed by atoms with Crippen molar-refractivity contribution in [2.75, 3.05) is 19.7 Å². The lowest BCUT2D eigenvalue weighted by atomic mass is 9.93. The summed E-state index contributed by atoms with van der Waals surface area (Å²) in [5.41, 5.74) is 0.973. The van der Waals surface area contributed by atoms with Crippen molar-refractivity contribution in [3.05, 3.63) is 29.8 Å². The Bertz CT molecular complexity index is 575. The molecule has 1 unspecified atom stereocenters. The SMILES string of the molecule is O=C(CC(=O)NCC(F)(F)F)NCC1CCOc2ccccc21. The smallest absolute Gasteiger partial charge is 0.405 e. The fraction of sp³-hybridized carbons (Fsp3) is 0.467. The van der Waals surface area contributed by atoms with Gasteiger partial charge in [0.2, 0.25) is 11.8 Å². The summed E-state index contributed by atoms with van der Waals surface area (Å²) in [7, 11) is 0. The summed E-state index contributed by atoms with van der Waals surface area (Å²) in [5.74, 6) is -0.732. The van der Waals surface area contributed by atoms with Gasteiger partial charge in [-0.3, -0.25) is 9.59 Å². The number of carbonyl (C=O) groups excluding carboxylic acids is 2. The third-order valence-electron chi connectivity index (χ3n) is 3.44. The molecule has 0 saturated heterocycles. The van der Waals surface area contributed by atoms with Crippen molar-refractivity contribution in [1.82, 2.24) is 10.6 Å². The van der Waals surface area contributed by atoms with Gasteiger partial charge in [0.15, 0.2) is 0 Å². The standard InChI is InChI=1S/C15H17F3N2O3/c16-15(17,18)9-20-14(22)7-13(21)19-8-10-5-6-23-12-4-2-1-3-11(10)12/h1-4,10H,5-9H2,(H,19,21)(H,20,22). The van der Waals surface area contributed by atoms with Gasteiger partial charge in [0, 0.05) is 12.5 Å². The molecule has 0 aromatic heterocycles. The maximum Gasteiger partial charge on any atom is 0.405 e. The van der Waals surface area contributed by atoms with Gasteiger partial charge in [-0.05, 0) is 18.1 Å². The minimum Gasteiger partial charge on any atom is -0.493 e. The number of rotatable bonds is 5. The molecule has 0 bridgehead atoms. The molecule has 0 saturated carbocycles. The van der Waals surface area contributed by atoms with Gasteiger partial charge in [-0.2, -0.15) is 13.2 Å². The summed E-state index contributed by atoms with van der Waals surface area (Å²) < 4.78 is 41.4. The lowest BCUT2D eigenvalue weighted by Gasteiger charge is -2.26. The van der Waals surface area contributed by atoms with E-state index in [2.05, 4.69) is 5.32 Å². The van der Waals surface area contributed by atoms with Crippen LogP contribution < -0.4 is 15.4 Å². The molecule has 5 nitrogen and oxygen atoms in total. The molecule has 0 aliphatic carbocycles. The highest BCUT2D eigenvalue weighted by molar-refractivity contribution is 5.96. The number of amides is 2. The molecule has 1 aliphatic rings. The molecular weight excluding hydrogens is 313 g/mol. The van der Waals surface area contributed by atoms with Gasteiger partial charge >= 0.3 is 6.18 Å². The molecule has 0 radical (unpaired) electrons. The second-order valence-electron chi connectivity index (χ2n) is 5.24. The fourth-order valence-corrected chi connectivity index (χ4v) is 2.33. The number of benzene rings is 1. The maximum atomic E-state index is 12.0. The van der Waals surface area contributed by atoms with Crippen molar-refractivity contribution in [3.63, 3.8) is 0 Å². The van der Waals surface area contributed by atoms with Crippen LogP contribution in [0.5, 0.6) is 5.75 Å². The van der Waals surface area contributed by atoms with Gasteiger partial charge in [0.05, 0.1) is 6.61 Å². The zero-order chi connectivity index (χ0) is 16.9. The Hall–Kier alpha value is -2.25. The van der Waals surface area contributed by atoms with Crippen LogP contribution in [-0.4, -0.2) is 37.7 Å². The summed E-state index contributed by atoms with van der Waals surface area (Å²) in [6.45, 7) is -0.595. The molecule has 1 aromatic rings. The van der Waals surface area contributed by atoms with E-state index in [9.17, 15) is 22.8 Å². The van der Waals surface area contributed by atoms with E-state index >= 15 is 0 Å². The van der Waals surface area contributed by atoms with Crippen LogP contribution >= 0.6 is 0 Å². The van der Waals surface area contributed by atoms with E-state index in [1.807, 2.05) is 24.3 Å². The molecule has 0 spiro atoms. The van der Waals surface area contributed by atoms with Gasteiger partial charge in [0.25, 0.3) is 0 Å². The zero-order valence-electron chi connectivity index (χ0n) is 12.3. The van der Waals surface area contributed by atoms with Crippen LogP contribution in [0.4, 0.5) is 13.2 Å². The second kappa shape index (κ2) is 7.34. The monoisotopic (exact) mass is 330 g/mol. The minimum atomic E-state index is -4.49. The predicted molar refractivity (Wildman–Crippen MR) is 76.0 cm³/mol. The molecule has 2 amide bonds. The predicted octanol–water partition coefficient (Wildman–Crippen LogP) is 1.74. The van der Waals surface area contributed by atoms with E-state index in [1.165, 1.54) is 0 Å². The Labute approximate surface area is 131 Å². The van der Waals surface area contributed by atoms with E-state index in [4.69, 9.17) is 4.74 Å². The molecule has 1 aromatic carbocycles. The maximum absolute atomic E-state index is 12.0. The highest BCUT2D eigenvalue weighted by Gasteiger charge is 2.28. The summed E-state index contributed by atoms with van der Waals surface area (Å²) in [4.78, 5) is 22.9. The van der Waals surface area contributed by atoms with Crippen LogP contribution in [0.3, 0.4) is 0 Å². The van der Waals surface area contributed by atoms with Gasteiger partial charge in [0.1, 0.15) is 18.7 Å². The van der Waals surface area contributed by atoms with Crippen LogP contribution in [0.1, 0.15) is 24.3 Å². The molecule has 1 aliphatic heterocycles. The number of nitrogens with one attached hydrogen (secondary N) is 2. The lowest BCUT2D eigenvalue weighted by molar-refractivity contribution is -0.140. The van der Waals surface area contributed by atoms with Gasteiger partial charge < -0.3 is 15.4 Å². The number of hydrogen-bond acceptors (Lipinski definition) is 3. The second-order valence-corrected chi connectivity index (χ2v) is 5.24.